The van der Waals surface area contributed by atoms with Gasteiger partial charge in [-0.1, -0.05) is 56.7 Å². The Kier molecular flexibility index (Phi) is 6.71. The molecule has 39 heavy (non-hydrogen) atoms. The van der Waals surface area contributed by atoms with Crippen molar-refractivity contribution in [2.45, 2.75) is 58.3 Å². The molecule has 0 radical (unpaired) electrons. The van der Waals surface area contributed by atoms with E-state index in [1.807, 2.05) is 24.3 Å². The summed E-state index contributed by atoms with van der Waals surface area (Å²) in [5.74, 6) is -0.948. The Morgan fingerprint density at radius 1 is 0.872 bits per heavy atom. The monoisotopic (exact) mass is 521 g/mol. The van der Waals surface area contributed by atoms with Crippen molar-refractivity contribution in [3.8, 4) is 11.1 Å². The SMILES string of the molecule is CCCCc1c2c(cc(N3C(=O)c4ccccc4C3=O)c1N1CCCC1)-c1ccccc1C2C(=O)NCCC. The number of hydrogen-bond acceptors (Lipinski definition) is 4. The summed E-state index contributed by atoms with van der Waals surface area (Å²) in [6.07, 6.45) is 5.74. The number of nitrogens with one attached hydrogen (secondary N) is 1. The van der Waals surface area contributed by atoms with E-state index in [9.17, 15) is 14.4 Å². The van der Waals surface area contributed by atoms with Gasteiger partial charge in [-0.2, -0.15) is 0 Å². The van der Waals surface area contributed by atoms with E-state index in [1.54, 1.807) is 24.3 Å². The van der Waals surface area contributed by atoms with Gasteiger partial charge in [0.2, 0.25) is 5.91 Å². The molecule has 0 spiro atoms. The van der Waals surface area contributed by atoms with Crippen molar-refractivity contribution in [2.24, 2.45) is 0 Å². The number of unbranched alkanes of at least 4 members (excludes halogenated alkanes) is 1. The molecule has 3 aromatic carbocycles. The van der Waals surface area contributed by atoms with Crippen LogP contribution in [0.25, 0.3) is 11.1 Å². The highest BCUT2D eigenvalue weighted by atomic mass is 16.2. The van der Waals surface area contributed by atoms with Crippen LogP contribution < -0.4 is 15.1 Å². The number of hydrogen-bond donors (Lipinski definition) is 1. The maximum absolute atomic E-state index is 13.8. The van der Waals surface area contributed by atoms with Gasteiger partial charge >= 0.3 is 0 Å². The molecule has 2 aliphatic heterocycles. The molecule has 1 unspecified atom stereocenters. The molecule has 6 rings (SSSR count). The fourth-order valence-electron chi connectivity index (χ4n) is 6.53. The molecule has 1 saturated heterocycles. The van der Waals surface area contributed by atoms with Crippen molar-refractivity contribution in [3.63, 3.8) is 0 Å². The lowest BCUT2D eigenvalue weighted by atomic mass is 9.87. The van der Waals surface area contributed by atoms with Crippen LogP contribution in [0.3, 0.4) is 0 Å². The Balaban J connectivity index is 1.63. The lowest BCUT2D eigenvalue weighted by molar-refractivity contribution is -0.121. The number of nitrogens with zero attached hydrogens (tertiary/aromatic N) is 2. The first kappa shape index (κ1) is 25.4. The van der Waals surface area contributed by atoms with Crippen molar-refractivity contribution in [3.05, 3.63) is 82.4 Å². The van der Waals surface area contributed by atoms with Gasteiger partial charge in [0.1, 0.15) is 0 Å². The number of amides is 3. The maximum atomic E-state index is 13.8. The topological polar surface area (TPSA) is 69.7 Å². The van der Waals surface area contributed by atoms with Crippen LogP contribution >= 0.6 is 0 Å². The van der Waals surface area contributed by atoms with Gasteiger partial charge in [-0.3, -0.25) is 14.4 Å². The molecule has 6 heteroatoms. The lowest BCUT2D eigenvalue weighted by Gasteiger charge is -2.31. The summed E-state index contributed by atoms with van der Waals surface area (Å²) >= 11 is 0. The minimum Gasteiger partial charge on any atom is -0.370 e. The van der Waals surface area contributed by atoms with Gasteiger partial charge in [0.15, 0.2) is 0 Å². The van der Waals surface area contributed by atoms with Crippen molar-refractivity contribution in [2.75, 3.05) is 29.4 Å². The van der Waals surface area contributed by atoms with Gasteiger partial charge in [-0.15, -0.1) is 0 Å². The third-order valence-electron chi connectivity index (χ3n) is 8.32. The van der Waals surface area contributed by atoms with Crippen LogP contribution in [0.5, 0.6) is 0 Å². The fraction of sp³-hybridized carbons (Fsp3) is 0.364. The Labute approximate surface area is 230 Å². The summed E-state index contributed by atoms with van der Waals surface area (Å²) in [5, 5.41) is 3.15. The highest BCUT2D eigenvalue weighted by molar-refractivity contribution is 6.35. The summed E-state index contributed by atoms with van der Waals surface area (Å²) in [6, 6.07) is 17.2. The number of carbonyl (C=O) groups excluding carboxylic acids is 3. The summed E-state index contributed by atoms with van der Waals surface area (Å²) in [4.78, 5) is 45.0. The maximum Gasteiger partial charge on any atom is 0.266 e. The second-order valence-corrected chi connectivity index (χ2v) is 10.8. The van der Waals surface area contributed by atoms with E-state index in [0.717, 1.165) is 85.1 Å². The number of anilines is 2. The van der Waals surface area contributed by atoms with E-state index in [-0.39, 0.29) is 17.7 Å². The van der Waals surface area contributed by atoms with Crippen molar-refractivity contribution >= 4 is 29.1 Å². The Morgan fingerprint density at radius 3 is 2.15 bits per heavy atom. The van der Waals surface area contributed by atoms with Gasteiger partial charge in [0.05, 0.1) is 28.4 Å². The molecule has 0 saturated carbocycles. The van der Waals surface area contributed by atoms with Crippen LogP contribution in [0.15, 0.2) is 54.6 Å². The fourth-order valence-corrected chi connectivity index (χ4v) is 6.53. The number of imide groups is 1. The lowest BCUT2D eigenvalue weighted by Crippen LogP contribution is -2.34. The van der Waals surface area contributed by atoms with E-state index in [0.29, 0.717) is 23.4 Å². The Bertz CT molecular complexity index is 1440. The highest BCUT2D eigenvalue weighted by Crippen LogP contribution is 2.53. The molecular formula is C33H35N3O3. The molecule has 1 fully saturated rings. The molecule has 2 heterocycles. The Morgan fingerprint density at radius 2 is 1.51 bits per heavy atom. The van der Waals surface area contributed by atoms with Gasteiger partial charge in [0.25, 0.3) is 11.8 Å². The molecule has 3 aliphatic rings. The van der Waals surface area contributed by atoms with E-state index >= 15 is 0 Å². The zero-order chi connectivity index (χ0) is 27.1. The predicted molar refractivity (Wildman–Crippen MR) is 155 cm³/mol. The quantitative estimate of drug-likeness (QED) is 0.366. The van der Waals surface area contributed by atoms with Crippen molar-refractivity contribution in [1.29, 1.82) is 0 Å². The van der Waals surface area contributed by atoms with Gasteiger partial charge in [-0.25, -0.2) is 4.90 Å². The molecule has 0 bridgehead atoms. The summed E-state index contributed by atoms with van der Waals surface area (Å²) in [6.45, 7) is 6.60. The highest BCUT2D eigenvalue weighted by Gasteiger charge is 2.43. The van der Waals surface area contributed by atoms with E-state index < -0.39 is 5.92 Å². The minimum absolute atomic E-state index is 0.0154. The Hall–Kier alpha value is -3.93. The molecule has 6 nitrogen and oxygen atoms in total. The zero-order valence-corrected chi connectivity index (χ0v) is 22.8. The first-order valence-electron chi connectivity index (χ1n) is 14.4. The minimum atomic E-state index is -0.410. The first-order chi connectivity index (χ1) is 19.1. The van der Waals surface area contributed by atoms with Crippen LogP contribution in [0.4, 0.5) is 11.4 Å². The van der Waals surface area contributed by atoms with Crippen molar-refractivity contribution in [1.82, 2.24) is 5.32 Å². The third kappa shape index (κ3) is 4.05. The standard InChI is InChI=1S/C33H35N3O3/c1-3-5-12-25-28-26(21-13-6-7-14-22(21)29(28)31(37)34-17-4-2)20-27(30(25)35-18-10-11-19-35)36-32(38)23-15-8-9-16-24(23)33(36)39/h6-9,13-16,20,29H,3-5,10-12,17-19H2,1-2H3,(H,34,37). The number of benzene rings is 3. The molecule has 200 valence electrons. The summed E-state index contributed by atoms with van der Waals surface area (Å²) in [7, 11) is 0. The average Bonchev–Trinajstić information content (AvgIpc) is 3.66. The van der Waals surface area contributed by atoms with Crippen LogP contribution in [-0.2, 0) is 11.2 Å². The smallest absolute Gasteiger partial charge is 0.266 e. The van der Waals surface area contributed by atoms with E-state index in [1.165, 1.54) is 4.90 Å². The van der Waals surface area contributed by atoms with Crippen LogP contribution in [0, 0.1) is 0 Å². The van der Waals surface area contributed by atoms with Gasteiger partial charge in [-0.05, 0) is 78.1 Å². The van der Waals surface area contributed by atoms with E-state index in [4.69, 9.17) is 0 Å². The largest absolute Gasteiger partial charge is 0.370 e. The third-order valence-corrected chi connectivity index (χ3v) is 8.32. The first-order valence-corrected chi connectivity index (χ1v) is 14.4. The summed E-state index contributed by atoms with van der Waals surface area (Å²) in [5.41, 5.74) is 7.61. The molecule has 0 aromatic heterocycles. The molecule has 1 N–H and O–H groups in total. The molecule has 1 aliphatic carbocycles. The average molecular weight is 522 g/mol. The molecule has 3 aromatic rings. The predicted octanol–water partition coefficient (Wildman–Crippen LogP) is 6.07. The molecule has 1 atom stereocenters. The number of fused-ring (bicyclic) bond motifs is 4. The second-order valence-electron chi connectivity index (χ2n) is 10.8. The van der Waals surface area contributed by atoms with Crippen LogP contribution in [0.2, 0.25) is 0 Å². The molecule has 3 amide bonds. The second kappa shape index (κ2) is 10.3. The zero-order valence-electron chi connectivity index (χ0n) is 22.8. The number of rotatable bonds is 8. The molecular weight excluding hydrogens is 486 g/mol. The van der Waals surface area contributed by atoms with Crippen LogP contribution in [0.1, 0.15) is 89.3 Å². The van der Waals surface area contributed by atoms with Crippen LogP contribution in [-0.4, -0.2) is 37.4 Å². The normalized spacial score (nSPS) is 17.4. The summed E-state index contributed by atoms with van der Waals surface area (Å²) < 4.78 is 0. The van der Waals surface area contributed by atoms with E-state index in [2.05, 4.69) is 30.1 Å². The van der Waals surface area contributed by atoms with Gasteiger partial charge in [0, 0.05) is 19.6 Å². The van der Waals surface area contributed by atoms with Crippen molar-refractivity contribution < 1.29 is 14.4 Å². The number of carbonyl (C=O) groups is 3. The van der Waals surface area contributed by atoms with Gasteiger partial charge < -0.3 is 10.2 Å².